The quantitative estimate of drug-likeness (QED) is 0.664. The Hall–Kier alpha value is -2.57. The van der Waals surface area contributed by atoms with Gasteiger partial charge in [-0.2, -0.15) is 0 Å². The van der Waals surface area contributed by atoms with Gasteiger partial charge in [0.05, 0.1) is 26.8 Å². The summed E-state index contributed by atoms with van der Waals surface area (Å²) in [5, 5.41) is 3.25. The fourth-order valence-electron chi connectivity index (χ4n) is 2.69. The number of nitrogens with one attached hydrogen (secondary N) is 1. The van der Waals surface area contributed by atoms with Gasteiger partial charge in [0.2, 0.25) is 0 Å². The number of hydrogen-bond donors (Lipinski definition) is 2. The highest BCUT2D eigenvalue weighted by Gasteiger charge is 2.13. The van der Waals surface area contributed by atoms with E-state index in [1.165, 1.54) is 12.1 Å². The Kier molecular flexibility index (Phi) is 4.89. The first-order valence-electron chi connectivity index (χ1n) is 7.89. The molecule has 134 valence electrons. The number of benzene rings is 2. The van der Waals surface area contributed by atoms with Crippen molar-refractivity contribution in [1.82, 2.24) is 9.55 Å². The molecule has 0 saturated carbocycles. The van der Waals surface area contributed by atoms with E-state index in [0.29, 0.717) is 34.5 Å². The van der Waals surface area contributed by atoms with Crippen molar-refractivity contribution in [1.29, 1.82) is 0 Å². The molecular weight excluding hydrogens is 375 g/mol. The molecule has 2 aromatic carbocycles. The molecule has 8 heteroatoms. The second-order valence-corrected chi connectivity index (χ2v) is 6.57. The van der Waals surface area contributed by atoms with Crippen molar-refractivity contribution in [2.75, 3.05) is 11.1 Å². The molecule has 26 heavy (non-hydrogen) atoms. The number of carbonyl (C=O) groups excluding carboxylic acids is 1. The molecule has 3 rings (SSSR count). The van der Waals surface area contributed by atoms with E-state index in [0.717, 1.165) is 0 Å². The van der Waals surface area contributed by atoms with E-state index >= 15 is 0 Å². The maximum atomic E-state index is 12.5. The number of fused-ring (bicyclic) bond motifs is 1. The van der Waals surface area contributed by atoms with Gasteiger partial charge in [0.15, 0.2) is 0 Å². The Morgan fingerprint density at radius 1 is 1.23 bits per heavy atom. The number of amides is 1. The summed E-state index contributed by atoms with van der Waals surface area (Å²) in [7, 11) is 0. The van der Waals surface area contributed by atoms with Gasteiger partial charge in [-0.05, 0) is 44.2 Å². The first kappa shape index (κ1) is 18.2. The fourth-order valence-corrected chi connectivity index (χ4v) is 3.18. The lowest BCUT2D eigenvalue weighted by Gasteiger charge is -2.11. The molecule has 0 bridgehead atoms. The first-order chi connectivity index (χ1) is 12.3. The average molecular weight is 391 g/mol. The van der Waals surface area contributed by atoms with Gasteiger partial charge in [0.1, 0.15) is 5.69 Å². The molecule has 0 aliphatic carbocycles. The third-order valence-corrected chi connectivity index (χ3v) is 4.65. The van der Waals surface area contributed by atoms with Crippen LogP contribution in [0.4, 0.5) is 11.4 Å². The van der Waals surface area contributed by atoms with Crippen molar-refractivity contribution >= 4 is 51.5 Å². The highest BCUT2D eigenvalue weighted by Crippen LogP contribution is 2.31. The number of anilines is 2. The van der Waals surface area contributed by atoms with Crippen molar-refractivity contribution in [3.8, 4) is 0 Å². The number of halogens is 2. The molecule has 6 nitrogen and oxygen atoms in total. The molecular formula is C18H16Cl2N4O2. The summed E-state index contributed by atoms with van der Waals surface area (Å²) in [5.41, 5.74) is 8.29. The lowest BCUT2D eigenvalue weighted by atomic mass is 10.1. The number of aromatic nitrogens is 2. The number of rotatable bonds is 3. The van der Waals surface area contributed by atoms with Gasteiger partial charge in [0, 0.05) is 17.8 Å². The lowest BCUT2D eigenvalue weighted by Crippen LogP contribution is -2.23. The van der Waals surface area contributed by atoms with Gasteiger partial charge in [-0.15, -0.1) is 0 Å². The number of nitrogen functional groups attached to an aromatic ring is 1. The minimum Gasteiger partial charge on any atom is -0.396 e. The number of nitrogens with zero attached hydrogens (tertiary/aromatic N) is 2. The van der Waals surface area contributed by atoms with Crippen LogP contribution in [0.5, 0.6) is 0 Å². The SMILES string of the molecule is CCn1c(=O)c(C)nc2cc(C(=O)Nc3cc(Cl)c(N)c(Cl)c3)ccc21. The van der Waals surface area contributed by atoms with Gasteiger partial charge in [-0.3, -0.25) is 9.59 Å². The van der Waals surface area contributed by atoms with E-state index in [1.807, 2.05) is 6.92 Å². The van der Waals surface area contributed by atoms with Crippen LogP contribution in [0.3, 0.4) is 0 Å². The Bertz CT molecular complexity index is 1070. The smallest absolute Gasteiger partial charge is 0.272 e. The van der Waals surface area contributed by atoms with E-state index in [-0.39, 0.29) is 27.2 Å². The van der Waals surface area contributed by atoms with Crippen LogP contribution in [-0.4, -0.2) is 15.5 Å². The third kappa shape index (κ3) is 3.25. The zero-order chi connectivity index (χ0) is 19.0. The molecule has 3 N–H and O–H groups in total. The van der Waals surface area contributed by atoms with Crippen LogP contribution in [0.2, 0.25) is 10.0 Å². The van der Waals surface area contributed by atoms with Crippen molar-refractivity contribution in [2.45, 2.75) is 20.4 Å². The normalized spacial score (nSPS) is 10.9. The zero-order valence-corrected chi connectivity index (χ0v) is 15.6. The Balaban J connectivity index is 1.99. The van der Waals surface area contributed by atoms with Crippen molar-refractivity contribution in [3.05, 3.63) is 62.0 Å². The highest BCUT2D eigenvalue weighted by atomic mass is 35.5. The maximum absolute atomic E-state index is 12.5. The van der Waals surface area contributed by atoms with Gasteiger partial charge >= 0.3 is 0 Å². The fraction of sp³-hybridized carbons (Fsp3) is 0.167. The molecule has 0 aliphatic heterocycles. The van der Waals surface area contributed by atoms with Gasteiger partial charge in [-0.1, -0.05) is 23.2 Å². The third-order valence-electron chi connectivity index (χ3n) is 4.02. The molecule has 3 aromatic rings. The van der Waals surface area contributed by atoms with Crippen LogP contribution < -0.4 is 16.6 Å². The summed E-state index contributed by atoms with van der Waals surface area (Å²) in [6, 6.07) is 8.05. The summed E-state index contributed by atoms with van der Waals surface area (Å²) in [4.78, 5) is 29.0. The van der Waals surface area contributed by atoms with Crippen LogP contribution in [0.25, 0.3) is 11.0 Å². The van der Waals surface area contributed by atoms with Gasteiger partial charge in [-0.25, -0.2) is 4.98 Å². The standard InChI is InChI=1S/C18H16Cl2N4O2/c1-3-24-15-5-4-10(6-14(15)22-9(2)18(24)26)17(25)23-11-7-12(19)16(21)13(20)8-11/h4-8H,3,21H2,1-2H3,(H,23,25). The van der Waals surface area contributed by atoms with E-state index in [9.17, 15) is 9.59 Å². The highest BCUT2D eigenvalue weighted by molar-refractivity contribution is 6.39. The molecule has 0 unspecified atom stereocenters. The van der Waals surface area contributed by atoms with Crippen LogP contribution in [0, 0.1) is 6.92 Å². The van der Waals surface area contributed by atoms with Crippen molar-refractivity contribution < 1.29 is 4.79 Å². The Labute approximate surface area is 159 Å². The van der Waals surface area contributed by atoms with Crippen molar-refractivity contribution in [2.24, 2.45) is 0 Å². The summed E-state index contributed by atoms with van der Waals surface area (Å²) < 4.78 is 1.62. The largest absolute Gasteiger partial charge is 0.396 e. The van der Waals surface area contributed by atoms with Gasteiger partial charge < -0.3 is 15.6 Å². The summed E-state index contributed by atoms with van der Waals surface area (Å²) in [5.74, 6) is -0.350. The van der Waals surface area contributed by atoms with E-state index in [4.69, 9.17) is 28.9 Å². The molecule has 0 aliphatic rings. The summed E-state index contributed by atoms with van der Waals surface area (Å²) in [6.45, 7) is 4.06. The topological polar surface area (TPSA) is 90.0 Å². The first-order valence-corrected chi connectivity index (χ1v) is 8.64. The maximum Gasteiger partial charge on any atom is 0.272 e. The van der Waals surface area contributed by atoms with Crippen LogP contribution in [-0.2, 0) is 6.54 Å². The van der Waals surface area contributed by atoms with Crippen molar-refractivity contribution in [3.63, 3.8) is 0 Å². The molecule has 0 atom stereocenters. The van der Waals surface area contributed by atoms with E-state index < -0.39 is 0 Å². The molecule has 0 fully saturated rings. The number of aryl methyl sites for hydroxylation is 2. The Morgan fingerprint density at radius 3 is 2.50 bits per heavy atom. The van der Waals surface area contributed by atoms with Crippen LogP contribution >= 0.6 is 23.2 Å². The minimum absolute atomic E-state index is 0.136. The van der Waals surface area contributed by atoms with E-state index in [2.05, 4.69) is 10.3 Å². The molecule has 0 radical (unpaired) electrons. The number of carbonyl (C=O) groups is 1. The Morgan fingerprint density at radius 2 is 1.88 bits per heavy atom. The molecule has 0 spiro atoms. The van der Waals surface area contributed by atoms with E-state index in [1.54, 1.807) is 29.7 Å². The molecule has 0 saturated heterocycles. The predicted octanol–water partition coefficient (Wildman–Crippen LogP) is 3.87. The lowest BCUT2D eigenvalue weighted by molar-refractivity contribution is 0.102. The second-order valence-electron chi connectivity index (χ2n) is 5.76. The van der Waals surface area contributed by atoms with Gasteiger partial charge in [0.25, 0.3) is 11.5 Å². The summed E-state index contributed by atoms with van der Waals surface area (Å²) in [6.07, 6.45) is 0. The summed E-state index contributed by atoms with van der Waals surface area (Å²) >= 11 is 12.0. The van der Waals surface area contributed by atoms with Crippen LogP contribution in [0.1, 0.15) is 23.0 Å². The van der Waals surface area contributed by atoms with Crippen LogP contribution in [0.15, 0.2) is 35.1 Å². The average Bonchev–Trinajstić information content (AvgIpc) is 2.60. The second kappa shape index (κ2) is 6.97. The minimum atomic E-state index is -0.350. The molecule has 1 heterocycles. The number of hydrogen-bond acceptors (Lipinski definition) is 4. The molecule has 1 aromatic heterocycles. The predicted molar refractivity (Wildman–Crippen MR) is 105 cm³/mol. The number of nitrogens with two attached hydrogens (primary N) is 1. The monoisotopic (exact) mass is 390 g/mol. The molecule has 1 amide bonds. The zero-order valence-electron chi connectivity index (χ0n) is 14.1.